The number of aryl methyl sites for hydroxylation is 4. The summed E-state index contributed by atoms with van der Waals surface area (Å²) in [6.07, 6.45) is 0.756. The van der Waals surface area contributed by atoms with E-state index in [0.717, 1.165) is 45.8 Å². The molecule has 0 radical (unpaired) electrons. The zero-order chi connectivity index (χ0) is 17.3. The molecule has 24 heavy (non-hydrogen) atoms. The minimum atomic E-state index is -0.101. The van der Waals surface area contributed by atoms with Gasteiger partial charge in [0, 0.05) is 17.8 Å². The third-order valence-electron chi connectivity index (χ3n) is 4.28. The zero-order valence-corrected chi connectivity index (χ0v) is 14.4. The summed E-state index contributed by atoms with van der Waals surface area (Å²) in [5.74, 6) is -0.101. The first-order chi connectivity index (χ1) is 11.5. The van der Waals surface area contributed by atoms with E-state index in [0.29, 0.717) is 12.1 Å². The number of hydrogen-bond donors (Lipinski definition) is 2. The molecule has 6 heteroatoms. The van der Waals surface area contributed by atoms with Crippen molar-refractivity contribution in [1.29, 1.82) is 0 Å². The Morgan fingerprint density at radius 3 is 2.42 bits per heavy atom. The summed E-state index contributed by atoms with van der Waals surface area (Å²) in [4.78, 5) is 21.3. The molecular formula is C18H21N5O. The third kappa shape index (κ3) is 3.13. The molecule has 0 aliphatic heterocycles. The summed E-state index contributed by atoms with van der Waals surface area (Å²) < 4.78 is 0. The molecule has 1 amide bonds. The number of rotatable bonds is 4. The van der Waals surface area contributed by atoms with Gasteiger partial charge in [0.2, 0.25) is 0 Å². The molecule has 3 rings (SSSR count). The molecule has 1 aromatic carbocycles. The zero-order valence-electron chi connectivity index (χ0n) is 14.4. The van der Waals surface area contributed by atoms with Gasteiger partial charge < -0.3 is 5.32 Å². The van der Waals surface area contributed by atoms with Gasteiger partial charge >= 0.3 is 0 Å². The third-order valence-corrected chi connectivity index (χ3v) is 4.28. The fraction of sp³-hybridized carbons (Fsp3) is 0.333. The molecule has 0 bridgehead atoms. The Hall–Kier alpha value is -2.76. The standard InChI is InChI=1S/C18H21N5O/c1-10-11(2)21-17-9-14(5-6-16(17)20-10)18(24)19-8-7-15-12(3)22-23-13(15)4/h5-6,9H,7-8H2,1-4H3,(H,19,24)(H,22,23). The number of H-pyrrole nitrogens is 1. The molecule has 0 aliphatic rings. The predicted molar refractivity (Wildman–Crippen MR) is 93.1 cm³/mol. The van der Waals surface area contributed by atoms with Crippen LogP contribution in [0, 0.1) is 27.7 Å². The molecule has 2 aromatic heterocycles. The summed E-state index contributed by atoms with van der Waals surface area (Å²) in [6, 6.07) is 5.42. The topological polar surface area (TPSA) is 83.6 Å². The molecule has 0 saturated carbocycles. The van der Waals surface area contributed by atoms with Crippen LogP contribution in [0.1, 0.15) is 38.7 Å². The van der Waals surface area contributed by atoms with Crippen molar-refractivity contribution in [3.8, 4) is 0 Å². The number of nitrogens with zero attached hydrogens (tertiary/aromatic N) is 3. The SMILES string of the molecule is Cc1nc2ccc(C(=O)NCCc3c(C)n[nH]c3C)cc2nc1C. The number of benzene rings is 1. The highest BCUT2D eigenvalue weighted by Crippen LogP contribution is 2.15. The Bertz CT molecular complexity index is 894. The smallest absolute Gasteiger partial charge is 0.251 e. The molecule has 124 valence electrons. The lowest BCUT2D eigenvalue weighted by Crippen LogP contribution is -2.25. The number of fused-ring (bicyclic) bond motifs is 1. The van der Waals surface area contributed by atoms with Crippen LogP contribution in [-0.2, 0) is 6.42 Å². The molecule has 3 aromatic rings. The number of carbonyl (C=O) groups is 1. The maximum Gasteiger partial charge on any atom is 0.251 e. The van der Waals surface area contributed by atoms with Gasteiger partial charge in [-0.2, -0.15) is 5.10 Å². The number of amides is 1. The summed E-state index contributed by atoms with van der Waals surface area (Å²) in [7, 11) is 0. The van der Waals surface area contributed by atoms with E-state index in [-0.39, 0.29) is 5.91 Å². The second-order valence-corrected chi connectivity index (χ2v) is 6.02. The molecule has 0 spiro atoms. The maximum absolute atomic E-state index is 12.4. The van der Waals surface area contributed by atoms with Crippen molar-refractivity contribution in [1.82, 2.24) is 25.5 Å². The Balaban J connectivity index is 1.71. The fourth-order valence-corrected chi connectivity index (χ4v) is 2.72. The van der Waals surface area contributed by atoms with Crippen LogP contribution in [0.2, 0.25) is 0 Å². The Morgan fingerprint density at radius 1 is 1.04 bits per heavy atom. The van der Waals surface area contributed by atoms with Crippen LogP contribution in [0.3, 0.4) is 0 Å². The Labute approximate surface area is 140 Å². The highest BCUT2D eigenvalue weighted by atomic mass is 16.1. The summed E-state index contributed by atoms with van der Waals surface area (Å²) in [5, 5.41) is 10.1. The van der Waals surface area contributed by atoms with Crippen LogP contribution in [0.25, 0.3) is 11.0 Å². The molecule has 0 aliphatic carbocycles. The van der Waals surface area contributed by atoms with Crippen molar-refractivity contribution in [2.24, 2.45) is 0 Å². The van der Waals surface area contributed by atoms with Crippen LogP contribution in [0.15, 0.2) is 18.2 Å². The Morgan fingerprint density at radius 2 is 1.75 bits per heavy atom. The number of nitrogens with one attached hydrogen (secondary N) is 2. The first-order valence-corrected chi connectivity index (χ1v) is 7.99. The van der Waals surface area contributed by atoms with E-state index >= 15 is 0 Å². The van der Waals surface area contributed by atoms with Crippen molar-refractivity contribution < 1.29 is 4.79 Å². The van der Waals surface area contributed by atoms with E-state index in [1.807, 2.05) is 33.8 Å². The summed E-state index contributed by atoms with van der Waals surface area (Å²) >= 11 is 0. The van der Waals surface area contributed by atoms with Gasteiger partial charge in [-0.3, -0.25) is 9.89 Å². The number of aromatic nitrogens is 4. The van der Waals surface area contributed by atoms with Crippen molar-refractivity contribution in [3.05, 3.63) is 52.1 Å². The van der Waals surface area contributed by atoms with Gasteiger partial charge in [-0.05, 0) is 57.9 Å². The van der Waals surface area contributed by atoms with E-state index in [2.05, 4.69) is 25.5 Å². The predicted octanol–water partition coefficient (Wildman–Crippen LogP) is 2.56. The largest absolute Gasteiger partial charge is 0.352 e. The van der Waals surface area contributed by atoms with Crippen LogP contribution in [-0.4, -0.2) is 32.6 Å². The van der Waals surface area contributed by atoms with E-state index in [1.165, 1.54) is 0 Å². The molecule has 6 nitrogen and oxygen atoms in total. The molecule has 0 saturated heterocycles. The molecular weight excluding hydrogens is 302 g/mol. The first kappa shape index (κ1) is 16.1. The number of hydrogen-bond acceptors (Lipinski definition) is 4. The van der Waals surface area contributed by atoms with E-state index < -0.39 is 0 Å². The van der Waals surface area contributed by atoms with Crippen LogP contribution >= 0.6 is 0 Å². The van der Waals surface area contributed by atoms with Crippen molar-refractivity contribution in [2.45, 2.75) is 34.1 Å². The van der Waals surface area contributed by atoms with Gasteiger partial charge in [0.05, 0.1) is 28.1 Å². The van der Waals surface area contributed by atoms with Crippen molar-refractivity contribution in [2.75, 3.05) is 6.54 Å². The van der Waals surface area contributed by atoms with Crippen molar-refractivity contribution >= 4 is 16.9 Å². The summed E-state index contributed by atoms with van der Waals surface area (Å²) in [5.41, 5.74) is 7.12. The normalized spacial score (nSPS) is 11.0. The first-order valence-electron chi connectivity index (χ1n) is 7.99. The second kappa shape index (κ2) is 6.39. The van der Waals surface area contributed by atoms with Crippen LogP contribution < -0.4 is 5.32 Å². The van der Waals surface area contributed by atoms with Gasteiger partial charge in [0.1, 0.15) is 0 Å². The average molecular weight is 323 g/mol. The molecule has 2 heterocycles. The van der Waals surface area contributed by atoms with Gasteiger partial charge in [0.25, 0.3) is 5.91 Å². The van der Waals surface area contributed by atoms with E-state index in [9.17, 15) is 4.79 Å². The number of carbonyl (C=O) groups excluding carboxylic acids is 1. The maximum atomic E-state index is 12.4. The minimum absolute atomic E-state index is 0.101. The van der Waals surface area contributed by atoms with Crippen molar-refractivity contribution in [3.63, 3.8) is 0 Å². The van der Waals surface area contributed by atoms with Gasteiger partial charge in [-0.25, -0.2) is 9.97 Å². The molecule has 2 N–H and O–H groups in total. The van der Waals surface area contributed by atoms with Crippen LogP contribution in [0.4, 0.5) is 0 Å². The Kier molecular flexibility index (Phi) is 4.29. The minimum Gasteiger partial charge on any atom is -0.352 e. The second-order valence-electron chi connectivity index (χ2n) is 6.02. The molecule has 0 atom stereocenters. The summed E-state index contributed by atoms with van der Waals surface area (Å²) in [6.45, 7) is 8.37. The van der Waals surface area contributed by atoms with E-state index in [1.54, 1.807) is 12.1 Å². The molecule has 0 unspecified atom stereocenters. The quantitative estimate of drug-likeness (QED) is 0.773. The van der Waals surface area contributed by atoms with E-state index in [4.69, 9.17) is 0 Å². The average Bonchev–Trinajstić information content (AvgIpc) is 2.87. The lowest BCUT2D eigenvalue weighted by atomic mass is 10.1. The highest BCUT2D eigenvalue weighted by molar-refractivity contribution is 5.97. The monoisotopic (exact) mass is 323 g/mol. The number of aromatic amines is 1. The molecule has 0 fully saturated rings. The lowest BCUT2D eigenvalue weighted by molar-refractivity contribution is 0.0954. The lowest BCUT2D eigenvalue weighted by Gasteiger charge is -2.07. The fourth-order valence-electron chi connectivity index (χ4n) is 2.72. The van der Waals surface area contributed by atoms with Gasteiger partial charge in [-0.1, -0.05) is 0 Å². The highest BCUT2D eigenvalue weighted by Gasteiger charge is 2.10. The van der Waals surface area contributed by atoms with Gasteiger partial charge in [0.15, 0.2) is 0 Å². The van der Waals surface area contributed by atoms with Crippen LogP contribution in [0.5, 0.6) is 0 Å². The van der Waals surface area contributed by atoms with Gasteiger partial charge in [-0.15, -0.1) is 0 Å².